The van der Waals surface area contributed by atoms with Gasteiger partial charge in [-0.05, 0) is 6.00 Å². The van der Waals surface area contributed by atoms with Gasteiger partial charge in [0.1, 0.15) is 7.85 Å². The molecular formula is C8H13BOY-2. The molecule has 0 aromatic heterocycles. The second kappa shape index (κ2) is 4.99. The Bertz CT molecular complexity index is 121. The van der Waals surface area contributed by atoms with Crippen LogP contribution in [0.5, 0.6) is 0 Å². The molecule has 0 spiro atoms. The molecule has 11 heavy (non-hydrogen) atoms. The summed E-state index contributed by atoms with van der Waals surface area (Å²) in [5.74, 6) is 0.662. The summed E-state index contributed by atoms with van der Waals surface area (Å²) in [7, 11) is 5.63. The molecular weight excluding hydrogens is 212 g/mol. The van der Waals surface area contributed by atoms with Crippen molar-refractivity contribution in [1.29, 1.82) is 0 Å². The van der Waals surface area contributed by atoms with Gasteiger partial charge in [0, 0.05) is 32.7 Å². The Morgan fingerprint density at radius 1 is 1.64 bits per heavy atom. The third-order valence-electron chi connectivity index (χ3n) is 2.21. The van der Waals surface area contributed by atoms with Crippen molar-refractivity contribution in [3.8, 4) is 0 Å². The summed E-state index contributed by atoms with van der Waals surface area (Å²) in [5.41, 5.74) is 0. The second-order valence-electron chi connectivity index (χ2n) is 2.85. The fourth-order valence-electron chi connectivity index (χ4n) is 1.30. The van der Waals surface area contributed by atoms with E-state index in [9.17, 15) is 0 Å². The quantitative estimate of drug-likeness (QED) is 0.485. The molecule has 1 fully saturated rings. The minimum absolute atomic E-state index is 0. The number of hydrogen-bond donors (Lipinski definition) is 0. The van der Waals surface area contributed by atoms with Crippen LogP contribution in [0.2, 0.25) is 0 Å². The Morgan fingerprint density at radius 2 is 2.18 bits per heavy atom. The summed E-state index contributed by atoms with van der Waals surface area (Å²) < 4.78 is 5.37. The molecule has 1 nitrogen and oxygen atoms in total. The minimum Gasteiger partial charge on any atom is -0.555 e. The molecule has 3 heteroatoms. The number of rotatable bonds is 1. The van der Waals surface area contributed by atoms with Crippen molar-refractivity contribution in [2.75, 3.05) is 0 Å². The van der Waals surface area contributed by atoms with Crippen molar-refractivity contribution in [1.82, 2.24) is 0 Å². The van der Waals surface area contributed by atoms with E-state index in [0.717, 1.165) is 12.5 Å². The summed E-state index contributed by atoms with van der Waals surface area (Å²) >= 11 is 0. The van der Waals surface area contributed by atoms with E-state index in [1.165, 1.54) is 0 Å². The summed E-state index contributed by atoms with van der Waals surface area (Å²) in [6.45, 7) is 8.12. The molecule has 0 aliphatic carbocycles. The Kier molecular flexibility index (Phi) is 5.50. The summed E-state index contributed by atoms with van der Waals surface area (Å²) in [6.07, 6.45) is 2.06. The molecule has 3 radical (unpaired) electrons. The standard InChI is InChI=1S/C8H13BO.Y/c1-4-7-5(2)6(3)8(9)10-7;/h5-6,8H,3-4H2,1-2H3;/q-2;/t5-,6?,8-;/m1./s1. The van der Waals surface area contributed by atoms with Crippen molar-refractivity contribution in [3.05, 3.63) is 13.0 Å². The van der Waals surface area contributed by atoms with Gasteiger partial charge in [-0.2, -0.15) is 24.4 Å². The van der Waals surface area contributed by atoms with Crippen LogP contribution in [0, 0.1) is 24.9 Å². The van der Waals surface area contributed by atoms with Crippen molar-refractivity contribution < 1.29 is 37.4 Å². The first-order valence-electron chi connectivity index (χ1n) is 3.77. The molecule has 0 aromatic rings. The summed E-state index contributed by atoms with van der Waals surface area (Å²) in [4.78, 5) is 0. The summed E-state index contributed by atoms with van der Waals surface area (Å²) in [5, 5.41) is 0. The molecule has 1 saturated heterocycles. The zero-order valence-electron chi connectivity index (χ0n) is 7.21. The number of ether oxygens (including phenoxy) is 1. The predicted octanol–water partition coefficient (Wildman–Crippen LogP) is 1.54. The topological polar surface area (TPSA) is 9.23 Å². The van der Waals surface area contributed by atoms with Gasteiger partial charge in [0.05, 0.1) is 0 Å². The van der Waals surface area contributed by atoms with Crippen LogP contribution in [0.4, 0.5) is 0 Å². The van der Waals surface area contributed by atoms with Crippen LogP contribution in [0.25, 0.3) is 0 Å². The molecule has 0 amide bonds. The van der Waals surface area contributed by atoms with E-state index in [0.29, 0.717) is 5.92 Å². The van der Waals surface area contributed by atoms with Crippen molar-refractivity contribution >= 4 is 7.85 Å². The van der Waals surface area contributed by atoms with Crippen LogP contribution in [-0.2, 0) is 37.4 Å². The SMILES string of the molecule is [B][C@@H]1O[C-](CC)[C@H](C)C1[CH2-].[Y]. The monoisotopic (exact) mass is 225 g/mol. The average Bonchev–Trinajstić information content (AvgIpc) is 2.17. The minimum atomic E-state index is -0.176. The molecule has 1 unspecified atom stereocenters. The van der Waals surface area contributed by atoms with Gasteiger partial charge >= 0.3 is 0 Å². The molecule has 3 atom stereocenters. The van der Waals surface area contributed by atoms with Gasteiger partial charge in [-0.25, -0.2) is 0 Å². The van der Waals surface area contributed by atoms with Gasteiger partial charge in [0.25, 0.3) is 0 Å². The smallest absolute Gasteiger partial charge is 0.101 e. The first-order chi connectivity index (χ1) is 4.66. The molecule has 1 aliphatic heterocycles. The summed E-state index contributed by atoms with van der Waals surface area (Å²) in [6, 6.07) is -0.176. The van der Waals surface area contributed by atoms with Crippen LogP contribution in [-0.4, -0.2) is 13.8 Å². The van der Waals surface area contributed by atoms with Gasteiger partial charge < -0.3 is 11.7 Å². The van der Waals surface area contributed by atoms with Gasteiger partial charge in [0.2, 0.25) is 0 Å². The van der Waals surface area contributed by atoms with Crippen LogP contribution in [0.15, 0.2) is 0 Å². The third-order valence-corrected chi connectivity index (χ3v) is 2.21. The maximum absolute atomic E-state index is 5.63. The van der Waals surface area contributed by atoms with E-state index in [-0.39, 0.29) is 44.6 Å². The molecule has 0 saturated carbocycles. The molecule has 0 N–H and O–H groups in total. The predicted molar refractivity (Wildman–Crippen MR) is 42.2 cm³/mol. The maximum Gasteiger partial charge on any atom is 0.101 e. The van der Waals surface area contributed by atoms with E-state index >= 15 is 0 Å². The van der Waals surface area contributed by atoms with Crippen LogP contribution < -0.4 is 0 Å². The van der Waals surface area contributed by atoms with Gasteiger partial charge in [-0.3, -0.25) is 0 Å². The van der Waals surface area contributed by atoms with Crippen molar-refractivity contribution in [2.45, 2.75) is 26.3 Å². The largest absolute Gasteiger partial charge is 0.555 e. The molecule has 1 heterocycles. The Hall–Kier alpha value is 1.13. The third kappa shape index (κ3) is 2.53. The van der Waals surface area contributed by atoms with Gasteiger partial charge in [-0.1, -0.05) is 13.8 Å². The maximum atomic E-state index is 5.63. The average molecular weight is 225 g/mol. The van der Waals surface area contributed by atoms with Crippen molar-refractivity contribution in [3.63, 3.8) is 0 Å². The molecule has 1 rings (SSSR count). The zero-order chi connectivity index (χ0) is 7.72. The zero-order valence-corrected chi connectivity index (χ0v) is 10.0. The molecule has 0 bridgehead atoms. The van der Waals surface area contributed by atoms with Crippen LogP contribution in [0.1, 0.15) is 20.3 Å². The van der Waals surface area contributed by atoms with Gasteiger partial charge in [0.15, 0.2) is 0 Å². The Labute approximate surface area is 95.9 Å². The normalized spacial score (nSPS) is 38.6. The molecule has 0 aromatic carbocycles. The molecule has 59 valence electrons. The van der Waals surface area contributed by atoms with Gasteiger partial charge in [-0.15, -0.1) is 0 Å². The fourth-order valence-corrected chi connectivity index (χ4v) is 1.30. The first kappa shape index (κ1) is 12.1. The van der Waals surface area contributed by atoms with E-state index in [1.54, 1.807) is 0 Å². The van der Waals surface area contributed by atoms with E-state index in [4.69, 9.17) is 12.6 Å². The van der Waals surface area contributed by atoms with E-state index in [1.807, 2.05) is 0 Å². The van der Waals surface area contributed by atoms with E-state index < -0.39 is 0 Å². The first-order valence-corrected chi connectivity index (χ1v) is 3.77. The van der Waals surface area contributed by atoms with Crippen molar-refractivity contribution in [2.24, 2.45) is 11.8 Å². The second-order valence-corrected chi connectivity index (χ2v) is 2.85. The Balaban J connectivity index is 0.000001000. The molecule has 1 aliphatic rings. The van der Waals surface area contributed by atoms with Crippen LogP contribution in [0.3, 0.4) is 0 Å². The fraction of sp³-hybridized carbons (Fsp3) is 0.750. The van der Waals surface area contributed by atoms with E-state index in [2.05, 4.69) is 20.8 Å². The van der Waals surface area contributed by atoms with Crippen LogP contribution >= 0.6 is 0 Å². The number of hydrogen-bond acceptors (Lipinski definition) is 1. The Morgan fingerprint density at radius 3 is 2.36 bits per heavy atom.